The SMILES string of the molecule is CC/C=C\C/C=C\C/C=C\C/C=C\C/C=C\C/C=C\CC(=O)NCCOC(C)(C)C. The average Bonchev–Trinajstić information content (AvgIpc) is 2.69. The molecule has 0 aliphatic rings. The van der Waals surface area contributed by atoms with Crippen LogP contribution in [0.5, 0.6) is 0 Å². The summed E-state index contributed by atoms with van der Waals surface area (Å²) in [7, 11) is 0. The van der Waals surface area contributed by atoms with Gasteiger partial charge in [0.15, 0.2) is 0 Å². The summed E-state index contributed by atoms with van der Waals surface area (Å²) >= 11 is 0. The highest BCUT2D eigenvalue weighted by Crippen LogP contribution is 2.05. The van der Waals surface area contributed by atoms with Crippen molar-refractivity contribution >= 4 is 5.91 Å². The van der Waals surface area contributed by atoms with E-state index < -0.39 is 0 Å². The van der Waals surface area contributed by atoms with Crippen LogP contribution in [0.15, 0.2) is 72.9 Å². The summed E-state index contributed by atoms with van der Waals surface area (Å²) < 4.78 is 5.57. The van der Waals surface area contributed by atoms with Gasteiger partial charge in [-0.25, -0.2) is 0 Å². The van der Waals surface area contributed by atoms with E-state index in [2.05, 4.69) is 73.0 Å². The van der Waals surface area contributed by atoms with Gasteiger partial charge in [0.25, 0.3) is 0 Å². The molecule has 3 nitrogen and oxygen atoms in total. The Labute approximate surface area is 185 Å². The number of rotatable bonds is 16. The van der Waals surface area contributed by atoms with Crippen molar-refractivity contribution in [1.29, 1.82) is 0 Å². The van der Waals surface area contributed by atoms with Gasteiger partial charge in [-0.05, 0) is 59.3 Å². The highest BCUT2D eigenvalue weighted by Gasteiger charge is 2.09. The third kappa shape index (κ3) is 23.9. The Kier molecular flexibility index (Phi) is 18.7. The highest BCUT2D eigenvalue weighted by atomic mass is 16.5. The van der Waals surface area contributed by atoms with E-state index in [0.29, 0.717) is 19.6 Å². The lowest BCUT2D eigenvalue weighted by Crippen LogP contribution is -2.30. The summed E-state index contributed by atoms with van der Waals surface area (Å²) in [5.74, 6) is 0.0348. The number of amides is 1. The van der Waals surface area contributed by atoms with Crippen LogP contribution in [-0.2, 0) is 9.53 Å². The van der Waals surface area contributed by atoms with Crippen molar-refractivity contribution in [2.45, 2.75) is 78.2 Å². The number of hydrogen-bond donors (Lipinski definition) is 1. The Hall–Kier alpha value is -2.13. The molecule has 0 bridgehead atoms. The van der Waals surface area contributed by atoms with Crippen LogP contribution in [0.25, 0.3) is 0 Å². The quantitative estimate of drug-likeness (QED) is 0.218. The van der Waals surface area contributed by atoms with E-state index in [1.54, 1.807) is 0 Å². The van der Waals surface area contributed by atoms with E-state index in [0.717, 1.165) is 38.5 Å². The van der Waals surface area contributed by atoms with Crippen LogP contribution in [0, 0.1) is 0 Å². The Bertz CT molecular complexity index is 586. The molecule has 0 aliphatic heterocycles. The highest BCUT2D eigenvalue weighted by molar-refractivity contribution is 5.77. The van der Waals surface area contributed by atoms with E-state index in [9.17, 15) is 4.79 Å². The van der Waals surface area contributed by atoms with Gasteiger partial charge in [0.2, 0.25) is 5.91 Å². The lowest BCUT2D eigenvalue weighted by atomic mass is 10.2. The normalized spacial score (nSPS) is 13.3. The molecular weight excluding hydrogens is 370 g/mol. The molecule has 0 aromatic carbocycles. The fourth-order valence-corrected chi connectivity index (χ4v) is 2.33. The fourth-order valence-electron chi connectivity index (χ4n) is 2.33. The summed E-state index contributed by atoms with van der Waals surface area (Å²) in [6.45, 7) is 9.27. The van der Waals surface area contributed by atoms with Crippen LogP contribution in [0.2, 0.25) is 0 Å². The molecule has 0 fully saturated rings. The second-order valence-electron chi connectivity index (χ2n) is 7.93. The second kappa shape index (κ2) is 20.2. The van der Waals surface area contributed by atoms with E-state index in [1.807, 2.05) is 32.9 Å². The molecule has 0 spiro atoms. The lowest BCUT2D eigenvalue weighted by Gasteiger charge is -2.19. The van der Waals surface area contributed by atoms with Crippen LogP contribution in [0.3, 0.4) is 0 Å². The third-order valence-electron chi connectivity index (χ3n) is 3.86. The molecule has 1 amide bonds. The number of carbonyl (C=O) groups is 1. The predicted octanol–water partition coefficient (Wildman–Crippen LogP) is 7.01. The molecule has 0 heterocycles. The van der Waals surface area contributed by atoms with Crippen LogP contribution >= 0.6 is 0 Å². The van der Waals surface area contributed by atoms with Gasteiger partial charge in [0.1, 0.15) is 0 Å². The minimum atomic E-state index is -0.161. The number of allylic oxidation sites excluding steroid dienone is 11. The fraction of sp³-hybridized carbons (Fsp3) is 0.519. The molecule has 3 heteroatoms. The maximum absolute atomic E-state index is 11.7. The first kappa shape index (κ1) is 27.9. The summed E-state index contributed by atoms with van der Waals surface area (Å²) in [6, 6.07) is 0. The van der Waals surface area contributed by atoms with Crippen molar-refractivity contribution in [3.8, 4) is 0 Å². The van der Waals surface area contributed by atoms with Crippen molar-refractivity contribution in [1.82, 2.24) is 5.32 Å². The summed E-state index contributed by atoms with van der Waals surface area (Å²) in [4.78, 5) is 11.7. The Morgan fingerprint density at radius 3 is 1.50 bits per heavy atom. The first-order valence-corrected chi connectivity index (χ1v) is 11.3. The maximum atomic E-state index is 11.7. The van der Waals surface area contributed by atoms with Gasteiger partial charge >= 0.3 is 0 Å². The van der Waals surface area contributed by atoms with E-state index in [-0.39, 0.29) is 11.5 Å². The second-order valence-corrected chi connectivity index (χ2v) is 7.93. The molecule has 0 unspecified atom stereocenters. The molecule has 168 valence electrons. The molecule has 0 atom stereocenters. The first-order chi connectivity index (χ1) is 14.5. The maximum Gasteiger partial charge on any atom is 0.223 e. The van der Waals surface area contributed by atoms with E-state index in [4.69, 9.17) is 4.74 Å². The topological polar surface area (TPSA) is 38.3 Å². The molecule has 0 saturated carbocycles. The first-order valence-electron chi connectivity index (χ1n) is 11.3. The van der Waals surface area contributed by atoms with Gasteiger partial charge in [0.05, 0.1) is 12.2 Å². The molecule has 0 aliphatic carbocycles. The molecule has 30 heavy (non-hydrogen) atoms. The molecule has 0 rings (SSSR count). The van der Waals surface area contributed by atoms with Gasteiger partial charge in [-0.2, -0.15) is 0 Å². The largest absolute Gasteiger partial charge is 0.374 e. The molecule has 0 aromatic heterocycles. The molecule has 1 N–H and O–H groups in total. The van der Waals surface area contributed by atoms with Gasteiger partial charge < -0.3 is 10.1 Å². The number of nitrogens with one attached hydrogen (secondary N) is 1. The molecule has 0 saturated heterocycles. The van der Waals surface area contributed by atoms with Crippen LogP contribution < -0.4 is 5.32 Å². The summed E-state index contributed by atoms with van der Waals surface area (Å²) in [6.07, 6.45) is 32.2. The minimum absolute atomic E-state index is 0.0348. The van der Waals surface area contributed by atoms with Gasteiger partial charge in [-0.1, -0.05) is 79.8 Å². The molecule has 0 aromatic rings. The van der Waals surface area contributed by atoms with Crippen molar-refractivity contribution in [2.75, 3.05) is 13.2 Å². The number of carbonyl (C=O) groups excluding carboxylic acids is 1. The van der Waals surface area contributed by atoms with Crippen LogP contribution in [0.1, 0.15) is 72.6 Å². The van der Waals surface area contributed by atoms with Crippen LogP contribution in [0.4, 0.5) is 0 Å². The average molecular weight is 414 g/mol. The predicted molar refractivity (Wildman–Crippen MR) is 132 cm³/mol. The van der Waals surface area contributed by atoms with Crippen molar-refractivity contribution in [3.63, 3.8) is 0 Å². The van der Waals surface area contributed by atoms with E-state index in [1.165, 1.54) is 0 Å². The Morgan fingerprint density at radius 1 is 0.700 bits per heavy atom. The molecular formula is C27H43NO2. The standard InChI is InChI=1S/C27H43NO2/c1-5-6-7-8-9-10-11-12-13-14-15-16-17-18-19-20-21-22-23-26(29)28-24-25-30-27(2,3)4/h6-7,9-10,12-13,15-16,18-19,21-22H,5,8,11,14,17,20,23-25H2,1-4H3,(H,28,29)/b7-6-,10-9-,13-12-,16-15-,19-18-,22-21-. The monoisotopic (exact) mass is 413 g/mol. The smallest absolute Gasteiger partial charge is 0.223 e. The lowest BCUT2D eigenvalue weighted by molar-refractivity contribution is -0.120. The van der Waals surface area contributed by atoms with Gasteiger partial charge in [-0.3, -0.25) is 4.79 Å². The molecule has 0 radical (unpaired) electrons. The van der Waals surface area contributed by atoms with Gasteiger partial charge in [0, 0.05) is 13.0 Å². The van der Waals surface area contributed by atoms with Gasteiger partial charge in [-0.15, -0.1) is 0 Å². The number of hydrogen-bond acceptors (Lipinski definition) is 2. The Balaban J connectivity index is 3.61. The third-order valence-corrected chi connectivity index (χ3v) is 3.86. The zero-order chi connectivity index (χ0) is 22.3. The summed E-state index contributed by atoms with van der Waals surface area (Å²) in [5.41, 5.74) is -0.161. The zero-order valence-corrected chi connectivity index (χ0v) is 19.6. The van der Waals surface area contributed by atoms with Crippen LogP contribution in [-0.4, -0.2) is 24.7 Å². The minimum Gasteiger partial charge on any atom is -0.374 e. The van der Waals surface area contributed by atoms with Crippen molar-refractivity contribution < 1.29 is 9.53 Å². The number of ether oxygens (including phenoxy) is 1. The Morgan fingerprint density at radius 2 is 1.10 bits per heavy atom. The van der Waals surface area contributed by atoms with Crippen molar-refractivity contribution in [3.05, 3.63) is 72.9 Å². The summed E-state index contributed by atoms with van der Waals surface area (Å²) in [5, 5.41) is 2.86. The van der Waals surface area contributed by atoms with Crippen molar-refractivity contribution in [2.24, 2.45) is 0 Å². The zero-order valence-electron chi connectivity index (χ0n) is 19.6. The van der Waals surface area contributed by atoms with E-state index >= 15 is 0 Å².